The zero-order valence-corrected chi connectivity index (χ0v) is 7.90. The summed E-state index contributed by atoms with van der Waals surface area (Å²) >= 11 is 0. The topological polar surface area (TPSA) is 78.0 Å². The van der Waals surface area contributed by atoms with Crippen molar-refractivity contribution in [2.75, 3.05) is 6.61 Å². The molecule has 0 saturated carbocycles. The molecular weight excluding hydrogens is 196 g/mol. The molecule has 15 heavy (non-hydrogen) atoms. The van der Waals surface area contributed by atoms with Crippen LogP contribution in [0, 0.1) is 0 Å². The van der Waals surface area contributed by atoms with E-state index in [2.05, 4.69) is 9.97 Å². The smallest absolute Gasteiger partial charge is 0.133 e. The van der Waals surface area contributed by atoms with Crippen LogP contribution in [0.1, 0.15) is 5.82 Å². The van der Waals surface area contributed by atoms with E-state index in [0.29, 0.717) is 5.82 Å². The van der Waals surface area contributed by atoms with Gasteiger partial charge in [-0.15, -0.1) is 0 Å². The van der Waals surface area contributed by atoms with Crippen molar-refractivity contribution >= 4 is 17.0 Å². The van der Waals surface area contributed by atoms with E-state index in [1.165, 1.54) is 0 Å². The highest BCUT2D eigenvalue weighted by Gasteiger charge is 2.01. The molecule has 1 heterocycles. The summed E-state index contributed by atoms with van der Waals surface area (Å²) in [5.74, 6) is -0.622. The minimum absolute atomic E-state index is 0.142. The van der Waals surface area contributed by atoms with E-state index in [1.807, 2.05) is 24.3 Å². The highest BCUT2D eigenvalue weighted by molar-refractivity contribution is 5.74. The van der Waals surface area contributed by atoms with Crippen molar-refractivity contribution in [1.82, 2.24) is 9.97 Å². The molecule has 0 fully saturated rings. The molecule has 0 radical (unpaired) electrons. The number of carbonyl (C=O) groups excluding carboxylic acids is 1. The van der Waals surface area contributed by atoms with Crippen LogP contribution in [0.25, 0.3) is 11.0 Å². The first-order chi connectivity index (χ1) is 7.25. The van der Waals surface area contributed by atoms with E-state index in [4.69, 9.17) is 4.74 Å². The standard InChI is InChI=1S/C10H10N2O3/c13-10(14)6-15-5-9-11-7-3-1-2-4-8(7)12-9/h1-4H,5-6H2,(H,11,12)(H,13,14)/p-1. The van der Waals surface area contributed by atoms with E-state index >= 15 is 0 Å². The molecule has 0 aliphatic rings. The maximum Gasteiger partial charge on any atom is 0.133 e. The van der Waals surface area contributed by atoms with Gasteiger partial charge >= 0.3 is 0 Å². The van der Waals surface area contributed by atoms with Gasteiger partial charge in [0, 0.05) is 0 Å². The number of benzene rings is 1. The molecule has 2 aromatic rings. The number of nitrogens with zero attached hydrogens (tertiary/aromatic N) is 1. The largest absolute Gasteiger partial charge is 0.548 e. The van der Waals surface area contributed by atoms with Crippen LogP contribution in [0.15, 0.2) is 24.3 Å². The first kappa shape index (κ1) is 9.67. The molecule has 0 bridgehead atoms. The molecule has 0 amide bonds. The van der Waals surface area contributed by atoms with Crippen molar-refractivity contribution < 1.29 is 14.6 Å². The second-order valence-electron chi connectivity index (χ2n) is 3.07. The van der Waals surface area contributed by atoms with Crippen LogP contribution in [0.4, 0.5) is 0 Å². The Labute approximate surface area is 85.7 Å². The van der Waals surface area contributed by atoms with Crippen molar-refractivity contribution in [3.8, 4) is 0 Å². The number of rotatable bonds is 4. The Morgan fingerprint density at radius 2 is 2.27 bits per heavy atom. The Bertz CT molecular complexity index is 445. The van der Waals surface area contributed by atoms with Crippen LogP contribution in [-0.2, 0) is 16.1 Å². The van der Waals surface area contributed by atoms with Gasteiger partial charge < -0.3 is 19.6 Å². The number of ether oxygens (including phenoxy) is 1. The molecule has 5 nitrogen and oxygen atoms in total. The molecule has 1 aromatic carbocycles. The minimum atomic E-state index is -1.23. The number of hydrogen-bond acceptors (Lipinski definition) is 4. The van der Waals surface area contributed by atoms with Gasteiger partial charge in [-0.3, -0.25) is 0 Å². The number of nitrogens with one attached hydrogen (secondary N) is 1. The van der Waals surface area contributed by atoms with Gasteiger partial charge in [0.05, 0.1) is 23.6 Å². The predicted octanol–water partition coefficient (Wildman–Crippen LogP) is -0.171. The average Bonchev–Trinajstić information content (AvgIpc) is 2.59. The summed E-state index contributed by atoms with van der Waals surface area (Å²) in [5, 5.41) is 10.1. The molecule has 0 unspecified atom stereocenters. The number of carboxylic acids is 1. The quantitative estimate of drug-likeness (QED) is 0.751. The lowest BCUT2D eigenvalue weighted by molar-refractivity contribution is -0.309. The van der Waals surface area contributed by atoms with Crippen LogP contribution >= 0.6 is 0 Å². The van der Waals surface area contributed by atoms with E-state index < -0.39 is 12.6 Å². The van der Waals surface area contributed by atoms with E-state index in [-0.39, 0.29) is 6.61 Å². The fraction of sp³-hybridized carbons (Fsp3) is 0.200. The minimum Gasteiger partial charge on any atom is -0.548 e. The lowest BCUT2D eigenvalue weighted by Crippen LogP contribution is -2.27. The maximum atomic E-state index is 10.1. The molecule has 1 aromatic heterocycles. The average molecular weight is 205 g/mol. The number of aliphatic carboxylic acids is 1. The molecule has 0 atom stereocenters. The molecule has 78 valence electrons. The number of H-pyrrole nitrogens is 1. The second-order valence-corrected chi connectivity index (χ2v) is 3.07. The van der Waals surface area contributed by atoms with Gasteiger partial charge in [-0.2, -0.15) is 0 Å². The molecule has 0 aliphatic heterocycles. The Balaban J connectivity index is 2.05. The molecule has 0 saturated heterocycles. The summed E-state index contributed by atoms with van der Waals surface area (Å²) in [6.45, 7) is -0.278. The predicted molar refractivity (Wildman–Crippen MR) is 50.8 cm³/mol. The van der Waals surface area contributed by atoms with Crippen molar-refractivity contribution in [2.24, 2.45) is 0 Å². The maximum absolute atomic E-state index is 10.1. The van der Waals surface area contributed by atoms with Gasteiger partial charge in [0.25, 0.3) is 0 Å². The zero-order chi connectivity index (χ0) is 10.7. The van der Waals surface area contributed by atoms with Crippen LogP contribution in [-0.4, -0.2) is 22.5 Å². The van der Waals surface area contributed by atoms with Gasteiger partial charge in [0.2, 0.25) is 0 Å². The summed E-state index contributed by atoms with van der Waals surface area (Å²) in [5.41, 5.74) is 1.74. The fourth-order valence-electron chi connectivity index (χ4n) is 1.31. The van der Waals surface area contributed by atoms with Crippen molar-refractivity contribution in [3.05, 3.63) is 30.1 Å². The van der Waals surface area contributed by atoms with Gasteiger partial charge in [-0.25, -0.2) is 4.98 Å². The van der Waals surface area contributed by atoms with Gasteiger partial charge in [0.15, 0.2) is 0 Å². The first-order valence-corrected chi connectivity index (χ1v) is 4.47. The highest BCUT2D eigenvalue weighted by Crippen LogP contribution is 2.10. The van der Waals surface area contributed by atoms with Gasteiger partial charge in [-0.05, 0) is 12.1 Å². The SMILES string of the molecule is O=C([O-])COCc1nc2ccccc2[nH]1. The Morgan fingerprint density at radius 3 is 3.00 bits per heavy atom. The summed E-state index contributed by atoms with van der Waals surface area (Å²) in [6, 6.07) is 7.54. The number of para-hydroxylation sites is 2. The number of carboxylic acid groups (broad SMARTS) is 1. The number of fused-ring (bicyclic) bond motifs is 1. The van der Waals surface area contributed by atoms with E-state index in [1.54, 1.807) is 0 Å². The second kappa shape index (κ2) is 4.10. The van der Waals surface area contributed by atoms with Crippen LogP contribution in [0.5, 0.6) is 0 Å². The number of imidazole rings is 1. The zero-order valence-electron chi connectivity index (χ0n) is 7.90. The Kier molecular flexibility index (Phi) is 2.64. The van der Waals surface area contributed by atoms with Crippen molar-refractivity contribution in [3.63, 3.8) is 0 Å². The number of carbonyl (C=O) groups is 1. The third kappa shape index (κ3) is 2.32. The van der Waals surface area contributed by atoms with Gasteiger partial charge in [-0.1, -0.05) is 12.1 Å². The monoisotopic (exact) mass is 205 g/mol. The Hall–Kier alpha value is -1.88. The number of aromatic nitrogens is 2. The first-order valence-electron chi connectivity index (χ1n) is 4.47. The van der Waals surface area contributed by atoms with Gasteiger partial charge in [0.1, 0.15) is 12.4 Å². The summed E-state index contributed by atoms with van der Waals surface area (Å²) in [7, 11) is 0. The third-order valence-corrected chi connectivity index (χ3v) is 1.90. The fourth-order valence-corrected chi connectivity index (χ4v) is 1.31. The van der Waals surface area contributed by atoms with Crippen LogP contribution < -0.4 is 5.11 Å². The lowest BCUT2D eigenvalue weighted by Gasteiger charge is -2.01. The van der Waals surface area contributed by atoms with Crippen molar-refractivity contribution in [1.29, 1.82) is 0 Å². The van der Waals surface area contributed by atoms with Crippen LogP contribution in [0.3, 0.4) is 0 Å². The molecule has 1 N–H and O–H groups in total. The Morgan fingerprint density at radius 1 is 1.47 bits per heavy atom. The molecule has 0 spiro atoms. The summed E-state index contributed by atoms with van der Waals surface area (Å²) in [4.78, 5) is 17.3. The summed E-state index contributed by atoms with van der Waals surface area (Å²) < 4.78 is 4.85. The highest BCUT2D eigenvalue weighted by atomic mass is 16.5. The summed E-state index contributed by atoms with van der Waals surface area (Å²) in [6.07, 6.45) is 0. The molecular formula is C10H9N2O3-. The lowest BCUT2D eigenvalue weighted by atomic mass is 10.3. The van der Waals surface area contributed by atoms with E-state index in [0.717, 1.165) is 11.0 Å². The number of hydrogen-bond donors (Lipinski definition) is 1. The third-order valence-electron chi connectivity index (χ3n) is 1.90. The molecule has 5 heteroatoms. The normalized spacial score (nSPS) is 10.7. The molecule has 2 rings (SSSR count). The number of aromatic amines is 1. The van der Waals surface area contributed by atoms with E-state index in [9.17, 15) is 9.90 Å². The van der Waals surface area contributed by atoms with Crippen molar-refractivity contribution in [2.45, 2.75) is 6.61 Å². The molecule has 0 aliphatic carbocycles. The van der Waals surface area contributed by atoms with Crippen LogP contribution in [0.2, 0.25) is 0 Å².